The predicted molar refractivity (Wildman–Crippen MR) is 150 cm³/mol. The van der Waals surface area contributed by atoms with E-state index in [2.05, 4.69) is 15.6 Å². The summed E-state index contributed by atoms with van der Waals surface area (Å²) in [5, 5.41) is 7.87. The van der Waals surface area contributed by atoms with Gasteiger partial charge in [0, 0.05) is 27.1 Å². The summed E-state index contributed by atoms with van der Waals surface area (Å²) < 4.78 is 10.7. The molecule has 0 radical (unpaired) electrons. The molecule has 0 fully saturated rings. The van der Waals surface area contributed by atoms with E-state index >= 15 is 0 Å². The van der Waals surface area contributed by atoms with Crippen molar-refractivity contribution in [2.45, 2.75) is 24.0 Å². The number of carbonyl (C=O) groups excluding carboxylic acids is 2. The molecule has 0 aliphatic carbocycles. The standard InChI is InChI=1S/C28H27N3O4S2/c1-17-6-5-7-20(14-17)27(33)29-21-9-11-22(12-10-21)37-18(2)26(32)31-28-30-23(16-36-28)19-8-13-24(34-3)25(15-19)35-4/h5-16,18H,1-4H3,(H,29,33)(H,30,31,32). The Bertz CT molecular complexity index is 1400. The van der Waals surface area contributed by atoms with Gasteiger partial charge in [-0.2, -0.15) is 0 Å². The van der Waals surface area contributed by atoms with Gasteiger partial charge < -0.3 is 20.1 Å². The molecule has 0 aliphatic rings. The van der Waals surface area contributed by atoms with Crippen LogP contribution in [0.5, 0.6) is 11.5 Å². The first kappa shape index (κ1) is 26.2. The van der Waals surface area contributed by atoms with Crippen LogP contribution >= 0.6 is 23.1 Å². The van der Waals surface area contributed by atoms with E-state index in [1.807, 2.05) is 79.9 Å². The Labute approximate surface area is 224 Å². The highest BCUT2D eigenvalue weighted by Crippen LogP contribution is 2.34. The van der Waals surface area contributed by atoms with Gasteiger partial charge in [-0.05, 0) is 68.4 Å². The van der Waals surface area contributed by atoms with Crippen molar-refractivity contribution in [3.8, 4) is 22.8 Å². The van der Waals surface area contributed by atoms with E-state index in [9.17, 15) is 9.59 Å². The third-order valence-electron chi connectivity index (χ3n) is 5.49. The fraction of sp³-hybridized carbons (Fsp3) is 0.179. The summed E-state index contributed by atoms with van der Waals surface area (Å²) in [6.45, 7) is 3.79. The highest BCUT2D eigenvalue weighted by atomic mass is 32.2. The van der Waals surface area contributed by atoms with Crippen LogP contribution in [0.1, 0.15) is 22.8 Å². The van der Waals surface area contributed by atoms with Crippen molar-refractivity contribution in [3.05, 3.63) is 83.2 Å². The number of rotatable bonds is 9. The van der Waals surface area contributed by atoms with Crippen LogP contribution < -0.4 is 20.1 Å². The number of nitrogens with zero attached hydrogens (tertiary/aromatic N) is 1. The molecule has 1 atom stereocenters. The quantitative estimate of drug-likeness (QED) is 0.239. The summed E-state index contributed by atoms with van der Waals surface area (Å²) >= 11 is 2.79. The number of hydrogen-bond donors (Lipinski definition) is 2. The lowest BCUT2D eigenvalue weighted by atomic mass is 10.1. The van der Waals surface area contributed by atoms with Gasteiger partial charge in [0.2, 0.25) is 5.91 Å². The second-order valence-electron chi connectivity index (χ2n) is 8.20. The number of nitrogens with one attached hydrogen (secondary N) is 2. The van der Waals surface area contributed by atoms with Crippen molar-refractivity contribution < 1.29 is 19.1 Å². The first-order valence-corrected chi connectivity index (χ1v) is 13.3. The number of aryl methyl sites for hydroxylation is 1. The fourth-order valence-corrected chi connectivity index (χ4v) is 5.12. The molecule has 3 aromatic carbocycles. The van der Waals surface area contributed by atoms with Crippen molar-refractivity contribution in [2.75, 3.05) is 24.9 Å². The Morgan fingerprint density at radius 1 is 0.946 bits per heavy atom. The molecule has 4 rings (SSSR count). The summed E-state index contributed by atoms with van der Waals surface area (Å²) in [6.07, 6.45) is 0. The number of methoxy groups -OCH3 is 2. The smallest absolute Gasteiger partial charge is 0.255 e. The third kappa shape index (κ3) is 6.69. The van der Waals surface area contributed by atoms with Crippen LogP contribution in [0.25, 0.3) is 11.3 Å². The molecule has 1 aromatic heterocycles. The van der Waals surface area contributed by atoms with E-state index in [4.69, 9.17) is 9.47 Å². The average molecular weight is 534 g/mol. The Balaban J connectivity index is 1.33. The van der Waals surface area contributed by atoms with Gasteiger partial charge in [-0.25, -0.2) is 4.98 Å². The van der Waals surface area contributed by atoms with Crippen LogP contribution in [-0.2, 0) is 4.79 Å². The molecule has 9 heteroatoms. The third-order valence-corrected chi connectivity index (χ3v) is 7.36. The van der Waals surface area contributed by atoms with E-state index in [1.54, 1.807) is 20.3 Å². The number of thiazole rings is 1. The topological polar surface area (TPSA) is 89.6 Å². The van der Waals surface area contributed by atoms with Gasteiger partial charge in [0.1, 0.15) is 0 Å². The van der Waals surface area contributed by atoms with Gasteiger partial charge in [0.05, 0.1) is 25.2 Å². The summed E-state index contributed by atoms with van der Waals surface area (Å²) in [5.41, 5.74) is 3.94. The minimum Gasteiger partial charge on any atom is -0.493 e. The predicted octanol–water partition coefficient (Wildman–Crippen LogP) is 6.51. The number of benzene rings is 3. The number of anilines is 2. The van der Waals surface area contributed by atoms with E-state index < -0.39 is 0 Å². The van der Waals surface area contributed by atoms with Crippen molar-refractivity contribution in [1.29, 1.82) is 0 Å². The normalized spacial score (nSPS) is 11.5. The molecule has 0 saturated carbocycles. The maximum atomic E-state index is 12.8. The zero-order valence-corrected chi connectivity index (χ0v) is 22.5. The average Bonchev–Trinajstić information content (AvgIpc) is 3.37. The van der Waals surface area contributed by atoms with Crippen molar-refractivity contribution >= 4 is 45.7 Å². The lowest BCUT2D eigenvalue weighted by Crippen LogP contribution is -2.22. The number of aromatic nitrogens is 1. The first-order valence-electron chi connectivity index (χ1n) is 11.5. The van der Waals surface area contributed by atoms with Crippen LogP contribution in [0.2, 0.25) is 0 Å². The lowest BCUT2D eigenvalue weighted by Gasteiger charge is -2.11. The number of thioether (sulfide) groups is 1. The van der Waals surface area contributed by atoms with Crippen molar-refractivity contribution in [1.82, 2.24) is 4.98 Å². The summed E-state index contributed by atoms with van der Waals surface area (Å²) in [6, 6.07) is 20.4. The zero-order chi connectivity index (χ0) is 26.4. The Kier molecular flexibility index (Phi) is 8.47. The molecule has 1 unspecified atom stereocenters. The van der Waals surface area contributed by atoms with E-state index in [0.717, 1.165) is 21.7 Å². The molecule has 2 amide bonds. The summed E-state index contributed by atoms with van der Waals surface area (Å²) in [7, 11) is 3.18. The second kappa shape index (κ2) is 11.9. The molecule has 0 saturated heterocycles. The molecule has 1 heterocycles. The molecule has 4 aromatic rings. The summed E-state index contributed by atoms with van der Waals surface area (Å²) in [5.74, 6) is 0.953. The highest BCUT2D eigenvalue weighted by molar-refractivity contribution is 8.00. The molecule has 190 valence electrons. The van der Waals surface area contributed by atoms with Crippen molar-refractivity contribution in [2.24, 2.45) is 0 Å². The second-order valence-corrected chi connectivity index (χ2v) is 10.5. The molecule has 0 spiro atoms. The maximum absolute atomic E-state index is 12.8. The molecular weight excluding hydrogens is 506 g/mol. The number of carbonyl (C=O) groups is 2. The SMILES string of the molecule is COc1ccc(-c2csc(NC(=O)C(C)Sc3ccc(NC(=O)c4cccc(C)c4)cc3)n2)cc1OC. The summed E-state index contributed by atoms with van der Waals surface area (Å²) in [4.78, 5) is 30.7. The van der Waals surface area contributed by atoms with Crippen LogP contribution in [0.3, 0.4) is 0 Å². The van der Waals surface area contributed by atoms with Crippen molar-refractivity contribution in [3.63, 3.8) is 0 Å². The Morgan fingerprint density at radius 3 is 2.41 bits per heavy atom. The van der Waals surface area contributed by atoms with Crippen LogP contribution in [0, 0.1) is 6.92 Å². The Morgan fingerprint density at radius 2 is 1.70 bits per heavy atom. The molecule has 37 heavy (non-hydrogen) atoms. The number of amides is 2. The largest absolute Gasteiger partial charge is 0.493 e. The highest BCUT2D eigenvalue weighted by Gasteiger charge is 2.17. The maximum Gasteiger partial charge on any atom is 0.255 e. The van der Waals surface area contributed by atoms with E-state index in [1.165, 1.54) is 23.1 Å². The number of hydrogen-bond acceptors (Lipinski definition) is 7. The monoisotopic (exact) mass is 533 g/mol. The molecular formula is C28H27N3O4S2. The van der Waals surface area contributed by atoms with Gasteiger partial charge in [0.15, 0.2) is 16.6 Å². The zero-order valence-electron chi connectivity index (χ0n) is 20.9. The van der Waals surface area contributed by atoms with Gasteiger partial charge >= 0.3 is 0 Å². The van der Waals surface area contributed by atoms with Gasteiger partial charge in [-0.3, -0.25) is 9.59 Å². The Hall–Kier alpha value is -3.82. The van der Waals surface area contributed by atoms with Crippen LogP contribution in [-0.4, -0.2) is 36.3 Å². The molecule has 2 N–H and O–H groups in total. The van der Waals surface area contributed by atoms with Crippen LogP contribution in [0.15, 0.2) is 77.0 Å². The minimum atomic E-state index is -0.346. The van der Waals surface area contributed by atoms with Gasteiger partial charge in [-0.15, -0.1) is 23.1 Å². The van der Waals surface area contributed by atoms with E-state index in [0.29, 0.717) is 27.9 Å². The van der Waals surface area contributed by atoms with Gasteiger partial charge in [-0.1, -0.05) is 17.7 Å². The van der Waals surface area contributed by atoms with Crippen LogP contribution in [0.4, 0.5) is 10.8 Å². The number of ether oxygens (including phenoxy) is 2. The first-order chi connectivity index (χ1) is 17.9. The molecule has 7 nitrogen and oxygen atoms in total. The van der Waals surface area contributed by atoms with E-state index in [-0.39, 0.29) is 17.1 Å². The molecule has 0 aliphatic heterocycles. The minimum absolute atomic E-state index is 0.143. The lowest BCUT2D eigenvalue weighted by molar-refractivity contribution is -0.115. The van der Waals surface area contributed by atoms with Gasteiger partial charge in [0.25, 0.3) is 5.91 Å². The molecule has 0 bridgehead atoms. The fourth-order valence-electron chi connectivity index (χ4n) is 3.53.